The number of carbonyl (C=O) groups is 1. The van der Waals surface area contributed by atoms with E-state index in [4.69, 9.17) is 4.74 Å². The van der Waals surface area contributed by atoms with E-state index >= 15 is 0 Å². The highest BCUT2D eigenvalue weighted by atomic mass is 16.5. The predicted octanol–water partition coefficient (Wildman–Crippen LogP) is 0.981. The first kappa shape index (κ1) is 18.7. The van der Waals surface area contributed by atoms with Crippen molar-refractivity contribution < 1.29 is 14.6 Å². The van der Waals surface area contributed by atoms with Gasteiger partial charge in [0.25, 0.3) is 5.91 Å². The summed E-state index contributed by atoms with van der Waals surface area (Å²) in [5.41, 5.74) is -0.323. The summed E-state index contributed by atoms with van der Waals surface area (Å²) in [5.74, 6) is 0.712. The maximum absolute atomic E-state index is 13.0. The summed E-state index contributed by atoms with van der Waals surface area (Å²) in [5, 5.41) is 11.3. The largest absolute Gasteiger partial charge is 0.384 e. The van der Waals surface area contributed by atoms with Crippen molar-refractivity contribution in [3.63, 3.8) is 0 Å². The molecule has 1 aromatic heterocycles. The van der Waals surface area contributed by atoms with E-state index < -0.39 is 5.60 Å². The summed E-state index contributed by atoms with van der Waals surface area (Å²) in [6.45, 7) is 6.20. The third-order valence-corrected chi connectivity index (χ3v) is 5.79. The summed E-state index contributed by atoms with van der Waals surface area (Å²) in [6.07, 6.45) is 6.23. The average Bonchev–Trinajstić information content (AvgIpc) is 3.35. The number of β-amino-alcohol motifs (C(OH)–C–C–N with tert-alkyl or cyclic N) is 1. The summed E-state index contributed by atoms with van der Waals surface area (Å²) in [6, 6.07) is 3.67. The van der Waals surface area contributed by atoms with Gasteiger partial charge in [-0.05, 0) is 50.9 Å². The zero-order valence-electron chi connectivity index (χ0n) is 16.0. The van der Waals surface area contributed by atoms with E-state index in [1.165, 1.54) is 12.8 Å². The molecule has 1 atom stereocenters. The summed E-state index contributed by atoms with van der Waals surface area (Å²) < 4.78 is 5.73. The zero-order chi connectivity index (χ0) is 18.7. The molecule has 7 heteroatoms. The molecule has 3 fully saturated rings. The molecule has 1 N–H and O–H groups in total. The lowest BCUT2D eigenvalue weighted by atomic mass is 10.0. The maximum atomic E-state index is 13.0. The number of pyridine rings is 1. The molecular weight excluding hydrogens is 344 g/mol. The molecule has 3 aliphatic rings. The van der Waals surface area contributed by atoms with Crippen molar-refractivity contribution in [2.45, 2.75) is 31.3 Å². The Labute approximate surface area is 160 Å². The Morgan fingerprint density at radius 3 is 2.67 bits per heavy atom. The number of aliphatic hydroxyl groups is 1. The van der Waals surface area contributed by atoms with E-state index in [0.717, 1.165) is 39.0 Å². The van der Waals surface area contributed by atoms with Gasteiger partial charge in [0.15, 0.2) is 0 Å². The Bertz CT molecular complexity index is 658. The molecule has 0 unspecified atom stereocenters. The summed E-state index contributed by atoms with van der Waals surface area (Å²) in [4.78, 5) is 23.8. The van der Waals surface area contributed by atoms with Crippen LogP contribution in [0.3, 0.4) is 0 Å². The van der Waals surface area contributed by atoms with Crippen LogP contribution in [0.25, 0.3) is 0 Å². The van der Waals surface area contributed by atoms with Gasteiger partial charge in [0.1, 0.15) is 11.4 Å². The van der Waals surface area contributed by atoms with E-state index in [1.807, 2.05) is 21.9 Å². The van der Waals surface area contributed by atoms with Crippen LogP contribution < -0.4 is 4.90 Å². The highest BCUT2D eigenvalue weighted by molar-refractivity contribution is 5.99. The first-order valence-electron chi connectivity index (χ1n) is 10.2. The molecule has 0 radical (unpaired) electrons. The molecule has 1 aromatic rings. The van der Waals surface area contributed by atoms with Crippen LogP contribution >= 0.6 is 0 Å². The predicted molar refractivity (Wildman–Crippen MR) is 103 cm³/mol. The number of hydrogen-bond acceptors (Lipinski definition) is 6. The minimum Gasteiger partial charge on any atom is -0.384 e. The molecule has 0 spiro atoms. The molecule has 0 saturated carbocycles. The van der Waals surface area contributed by atoms with E-state index in [2.05, 4.69) is 9.88 Å². The van der Waals surface area contributed by atoms with Crippen molar-refractivity contribution in [2.24, 2.45) is 0 Å². The zero-order valence-corrected chi connectivity index (χ0v) is 16.0. The van der Waals surface area contributed by atoms with Gasteiger partial charge in [-0.2, -0.15) is 0 Å². The number of nitrogens with zero attached hydrogens (tertiary/aromatic N) is 4. The topological polar surface area (TPSA) is 69.1 Å². The highest BCUT2D eigenvalue weighted by Crippen LogP contribution is 2.25. The minimum absolute atomic E-state index is 0.0452. The van der Waals surface area contributed by atoms with Crippen molar-refractivity contribution >= 4 is 11.7 Å². The van der Waals surface area contributed by atoms with Crippen molar-refractivity contribution in [3.05, 3.63) is 23.9 Å². The number of rotatable bonds is 4. The third-order valence-electron chi connectivity index (χ3n) is 5.79. The second kappa shape index (κ2) is 8.12. The SMILES string of the molecule is O=C(c1cccnc1N1CCOC[C@](O)(CN2CCCC2)C1)N1CCCC1. The van der Waals surface area contributed by atoms with E-state index in [0.29, 0.717) is 44.2 Å². The Morgan fingerprint density at radius 1 is 1.15 bits per heavy atom. The Morgan fingerprint density at radius 2 is 1.89 bits per heavy atom. The second-order valence-corrected chi connectivity index (χ2v) is 8.06. The first-order chi connectivity index (χ1) is 13.1. The van der Waals surface area contributed by atoms with Gasteiger partial charge in [-0.3, -0.25) is 4.79 Å². The second-order valence-electron chi connectivity index (χ2n) is 8.06. The number of hydrogen-bond donors (Lipinski definition) is 1. The van der Waals surface area contributed by atoms with Crippen LogP contribution in [-0.4, -0.2) is 90.4 Å². The molecule has 1 amide bonds. The van der Waals surface area contributed by atoms with Crippen LogP contribution in [-0.2, 0) is 4.74 Å². The smallest absolute Gasteiger partial charge is 0.257 e. The Hall–Kier alpha value is -1.70. The van der Waals surface area contributed by atoms with Gasteiger partial charge in [0.05, 0.1) is 25.3 Å². The first-order valence-corrected chi connectivity index (χ1v) is 10.2. The molecule has 0 bridgehead atoms. The van der Waals surface area contributed by atoms with Gasteiger partial charge < -0.3 is 24.5 Å². The lowest BCUT2D eigenvalue weighted by Crippen LogP contribution is -2.52. The molecule has 27 heavy (non-hydrogen) atoms. The van der Waals surface area contributed by atoms with Crippen molar-refractivity contribution in [3.8, 4) is 0 Å². The van der Waals surface area contributed by atoms with Crippen molar-refractivity contribution in [2.75, 3.05) is 63.9 Å². The quantitative estimate of drug-likeness (QED) is 0.847. The van der Waals surface area contributed by atoms with Gasteiger partial charge in [0, 0.05) is 32.4 Å². The number of likely N-dealkylation sites (tertiary alicyclic amines) is 2. The number of aromatic nitrogens is 1. The average molecular weight is 374 g/mol. The van der Waals surface area contributed by atoms with E-state index in [1.54, 1.807) is 6.20 Å². The fraction of sp³-hybridized carbons (Fsp3) is 0.700. The van der Waals surface area contributed by atoms with Gasteiger partial charge in [-0.1, -0.05) is 0 Å². The van der Waals surface area contributed by atoms with Crippen LogP contribution in [0.2, 0.25) is 0 Å². The monoisotopic (exact) mass is 374 g/mol. The molecule has 3 saturated heterocycles. The standard InChI is InChI=1S/C20H30N4O3/c25-19(23-10-3-4-11-23)17-6-5-7-21-18(17)24-12-13-27-16-20(26,15-24)14-22-8-1-2-9-22/h5-7,26H,1-4,8-16H2/t20-/m0/s1. The van der Waals surface area contributed by atoms with Crippen molar-refractivity contribution in [1.29, 1.82) is 0 Å². The highest BCUT2D eigenvalue weighted by Gasteiger charge is 2.37. The Balaban J connectivity index is 1.55. The number of anilines is 1. The third kappa shape index (κ3) is 4.25. The lowest BCUT2D eigenvalue weighted by Gasteiger charge is -2.35. The molecule has 4 heterocycles. The fourth-order valence-electron chi connectivity index (χ4n) is 4.46. The van der Waals surface area contributed by atoms with Gasteiger partial charge in [0.2, 0.25) is 0 Å². The molecular formula is C20H30N4O3. The number of amides is 1. The van der Waals surface area contributed by atoms with Gasteiger partial charge >= 0.3 is 0 Å². The van der Waals surface area contributed by atoms with E-state index in [-0.39, 0.29) is 5.91 Å². The van der Waals surface area contributed by atoms with Crippen molar-refractivity contribution in [1.82, 2.24) is 14.8 Å². The number of ether oxygens (including phenoxy) is 1. The molecule has 0 aromatic carbocycles. The summed E-state index contributed by atoms with van der Waals surface area (Å²) >= 11 is 0. The van der Waals surface area contributed by atoms with Crippen LogP contribution in [0.5, 0.6) is 0 Å². The van der Waals surface area contributed by atoms with Crippen LogP contribution in [0.4, 0.5) is 5.82 Å². The molecule has 0 aliphatic carbocycles. The summed E-state index contributed by atoms with van der Waals surface area (Å²) in [7, 11) is 0. The fourth-order valence-corrected chi connectivity index (χ4v) is 4.46. The van der Waals surface area contributed by atoms with Gasteiger partial charge in [-0.15, -0.1) is 0 Å². The molecule has 7 nitrogen and oxygen atoms in total. The minimum atomic E-state index is -0.952. The number of carbonyl (C=O) groups excluding carboxylic acids is 1. The normalized spacial score (nSPS) is 27.1. The van der Waals surface area contributed by atoms with Crippen LogP contribution in [0.15, 0.2) is 18.3 Å². The van der Waals surface area contributed by atoms with E-state index in [9.17, 15) is 9.90 Å². The van der Waals surface area contributed by atoms with Crippen LogP contribution in [0, 0.1) is 0 Å². The Kier molecular flexibility index (Phi) is 5.61. The molecule has 4 rings (SSSR count). The molecule has 3 aliphatic heterocycles. The molecule has 148 valence electrons. The van der Waals surface area contributed by atoms with Crippen LogP contribution in [0.1, 0.15) is 36.0 Å². The maximum Gasteiger partial charge on any atom is 0.257 e. The lowest BCUT2D eigenvalue weighted by molar-refractivity contribution is -0.0439. The van der Waals surface area contributed by atoms with Gasteiger partial charge in [-0.25, -0.2) is 4.98 Å².